The Balaban J connectivity index is 1.76. The lowest BCUT2D eigenvalue weighted by Gasteiger charge is -2.34. The first kappa shape index (κ1) is 13.5. The van der Waals surface area contributed by atoms with E-state index in [1.165, 1.54) is 12.1 Å². The Kier molecular flexibility index (Phi) is 3.70. The minimum absolute atomic E-state index is 0.0510. The lowest BCUT2D eigenvalue weighted by molar-refractivity contribution is -0.130. The minimum atomic E-state index is -0.219. The molecule has 2 heterocycles. The topological polar surface area (TPSA) is 23.6 Å². The van der Waals surface area contributed by atoms with Gasteiger partial charge in [0.05, 0.1) is 0 Å². The number of thioether (sulfide) groups is 1. The van der Waals surface area contributed by atoms with Crippen molar-refractivity contribution in [3.05, 3.63) is 46.8 Å². The number of carbonyl (C=O) groups excluding carboxylic acids is 1. The Labute approximate surface area is 122 Å². The summed E-state index contributed by atoms with van der Waals surface area (Å²) >= 11 is 1.68. The molecule has 0 radical (unpaired) electrons. The van der Waals surface area contributed by atoms with Crippen molar-refractivity contribution in [3.63, 3.8) is 0 Å². The number of hydrogen-bond acceptors (Lipinski definition) is 3. The van der Waals surface area contributed by atoms with Gasteiger partial charge in [-0.05, 0) is 36.4 Å². The predicted octanol–water partition coefficient (Wildman–Crippen LogP) is 3.14. The molecule has 1 aromatic carbocycles. The number of benzene rings is 1. The van der Waals surface area contributed by atoms with E-state index in [1.807, 2.05) is 4.90 Å². The quantitative estimate of drug-likeness (QED) is 0.855. The van der Waals surface area contributed by atoms with E-state index < -0.39 is 0 Å². The zero-order valence-electron chi connectivity index (χ0n) is 11.4. The molecule has 106 valence electrons. The second kappa shape index (κ2) is 5.48. The molecule has 1 aromatic rings. The van der Waals surface area contributed by atoms with Crippen molar-refractivity contribution in [2.75, 3.05) is 6.54 Å². The number of hydrogen-bond donors (Lipinski definition) is 0. The molecular formula is C15H17FN2OS. The van der Waals surface area contributed by atoms with Crippen LogP contribution in [0.1, 0.15) is 25.3 Å². The summed E-state index contributed by atoms with van der Waals surface area (Å²) in [6, 6.07) is 6.56. The molecule has 20 heavy (non-hydrogen) atoms. The largest absolute Gasteiger partial charge is 0.341 e. The Morgan fingerprint density at radius 2 is 2.10 bits per heavy atom. The van der Waals surface area contributed by atoms with Gasteiger partial charge in [0, 0.05) is 25.2 Å². The monoisotopic (exact) mass is 292 g/mol. The van der Waals surface area contributed by atoms with E-state index in [1.54, 1.807) is 23.9 Å². The molecule has 0 aromatic heterocycles. The lowest BCUT2D eigenvalue weighted by atomic mass is 10.2. The van der Waals surface area contributed by atoms with Crippen molar-refractivity contribution in [2.24, 2.45) is 0 Å². The van der Waals surface area contributed by atoms with E-state index >= 15 is 0 Å². The normalized spacial score (nSPS) is 22.6. The van der Waals surface area contributed by atoms with Gasteiger partial charge in [-0.25, -0.2) is 4.39 Å². The van der Waals surface area contributed by atoms with Crippen LogP contribution in [0, 0.1) is 5.82 Å². The van der Waals surface area contributed by atoms with E-state index in [2.05, 4.69) is 17.2 Å². The molecule has 1 amide bonds. The number of carbonyl (C=O) groups is 1. The van der Waals surface area contributed by atoms with Crippen molar-refractivity contribution in [1.82, 2.24) is 9.80 Å². The van der Waals surface area contributed by atoms with Crippen LogP contribution in [0.5, 0.6) is 0 Å². The Morgan fingerprint density at radius 1 is 1.35 bits per heavy atom. The molecule has 0 aliphatic carbocycles. The van der Waals surface area contributed by atoms with Crippen LogP contribution in [0.2, 0.25) is 0 Å². The fourth-order valence-corrected chi connectivity index (χ4v) is 3.82. The molecule has 1 atom stereocenters. The van der Waals surface area contributed by atoms with Crippen LogP contribution in [-0.2, 0) is 11.3 Å². The number of rotatable bonds is 3. The van der Waals surface area contributed by atoms with Gasteiger partial charge in [0.1, 0.15) is 5.82 Å². The highest BCUT2D eigenvalue weighted by Gasteiger charge is 2.35. The van der Waals surface area contributed by atoms with Gasteiger partial charge in [-0.15, -0.1) is 0 Å². The van der Waals surface area contributed by atoms with Crippen molar-refractivity contribution < 1.29 is 9.18 Å². The van der Waals surface area contributed by atoms with Crippen LogP contribution >= 0.6 is 11.8 Å². The van der Waals surface area contributed by atoms with Crippen LogP contribution < -0.4 is 0 Å². The second-order valence-corrected chi connectivity index (χ2v) is 6.10. The smallest absolute Gasteiger partial charge is 0.224 e. The van der Waals surface area contributed by atoms with E-state index in [0.29, 0.717) is 13.0 Å². The minimum Gasteiger partial charge on any atom is -0.341 e. The van der Waals surface area contributed by atoms with E-state index in [9.17, 15) is 9.18 Å². The summed E-state index contributed by atoms with van der Waals surface area (Å²) in [7, 11) is 0. The average molecular weight is 292 g/mol. The molecule has 2 aliphatic heterocycles. The zero-order chi connectivity index (χ0) is 14.1. The molecule has 5 heteroatoms. The van der Waals surface area contributed by atoms with Crippen LogP contribution in [0.3, 0.4) is 0 Å². The third-order valence-corrected chi connectivity index (χ3v) is 4.95. The molecule has 0 N–H and O–H groups in total. The SMILES string of the molecule is CC1=CSC(N2CCCC2=O)N1Cc1ccc(F)cc1. The molecular weight excluding hydrogens is 275 g/mol. The van der Waals surface area contributed by atoms with Crippen LogP contribution in [0.15, 0.2) is 35.4 Å². The number of likely N-dealkylation sites (tertiary alicyclic amines) is 1. The third kappa shape index (κ3) is 2.54. The second-order valence-electron chi connectivity index (χ2n) is 5.17. The van der Waals surface area contributed by atoms with Crippen molar-refractivity contribution in [3.8, 4) is 0 Å². The Hall–Kier alpha value is -1.49. The van der Waals surface area contributed by atoms with Crippen LogP contribution in [0.25, 0.3) is 0 Å². The van der Waals surface area contributed by atoms with Crippen LogP contribution in [0.4, 0.5) is 4.39 Å². The first-order valence-electron chi connectivity index (χ1n) is 6.78. The van der Waals surface area contributed by atoms with Gasteiger partial charge in [-0.3, -0.25) is 4.79 Å². The summed E-state index contributed by atoms with van der Waals surface area (Å²) in [6.45, 7) is 3.58. The van der Waals surface area contributed by atoms with E-state index in [4.69, 9.17) is 0 Å². The highest BCUT2D eigenvalue weighted by Crippen LogP contribution is 2.36. The molecule has 0 saturated carbocycles. The molecule has 1 unspecified atom stereocenters. The number of halogens is 1. The number of amides is 1. The van der Waals surface area contributed by atoms with Crippen molar-refractivity contribution >= 4 is 17.7 Å². The third-order valence-electron chi connectivity index (χ3n) is 3.72. The summed E-state index contributed by atoms with van der Waals surface area (Å²) in [5.41, 5.74) is 2.26. The Morgan fingerprint density at radius 3 is 2.75 bits per heavy atom. The zero-order valence-corrected chi connectivity index (χ0v) is 12.2. The summed E-state index contributed by atoms with van der Waals surface area (Å²) < 4.78 is 13.0. The number of allylic oxidation sites excluding steroid dienone is 1. The number of nitrogens with zero attached hydrogens (tertiary/aromatic N) is 2. The van der Waals surface area contributed by atoms with Gasteiger partial charge in [0.15, 0.2) is 5.50 Å². The molecule has 2 aliphatic rings. The molecule has 3 rings (SSSR count). The molecule has 3 nitrogen and oxygen atoms in total. The van der Waals surface area contributed by atoms with Crippen molar-refractivity contribution in [1.29, 1.82) is 0 Å². The highest BCUT2D eigenvalue weighted by molar-refractivity contribution is 8.02. The predicted molar refractivity (Wildman–Crippen MR) is 78.0 cm³/mol. The maximum absolute atomic E-state index is 13.0. The maximum atomic E-state index is 13.0. The maximum Gasteiger partial charge on any atom is 0.224 e. The fourth-order valence-electron chi connectivity index (χ4n) is 2.61. The standard InChI is InChI=1S/C15H17FN2OS/c1-11-10-20-15(17-8-2-3-14(17)19)18(11)9-12-4-6-13(16)7-5-12/h4-7,10,15H,2-3,8-9H2,1H3. The first-order chi connectivity index (χ1) is 9.65. The summed E-state index contributed by atoms with van der Waals surface area (Å²) in [6.07, 6.45) is 1.60. The lowest BCUT2D eigenvalue weighted by Crippen LogP contribution is -2.43. The van der Waals surface area contributed by atoms with Gasteiger partial charge in [-0.1, -0.05) is 23.9 Å². The average Bonchev–Trinajstić information content (AvgIpc) is 3.00. The van der Waals surface area contributed by atoms with Gasteiger partial charge >= 0.3 is 0 Å². The highest BCUT2D eigenvalue weighted by atomic mass is 32.2. The molecule has 0 bridgehead atoms. The summed E-state index contributed by atoms with van der Waals surface area (Å²) in [5, 5.41) is 2.10. The Bertz CT molecular complexity index is 543. The van der Waals surface area contributed by atoms with E-state index in [0.717, 1.165) is 24.2 Å². The van der Waals surface area contributed by atoms with Gasteiger partial charge < -0.3 is 9.80 Å². The van der Waals surface area contributed by atoms with Gasteiger partial charge in [0.25, 0.3) is 0 Å². The summed E-state index contributed by atoms with van der Waals surface area (Å²) in [5.74, 6) is 0.0118. The van der Waals surface area contributed by atoms with Crippen LogP contribution in [-0.4, -0.2) is 27.7 Å². The van der Waals surface area contributed by atoms with Crippen molar-refractivity contribution in [2.45, 2.75) is 31.8 Å². The van der Waals surface area contributed by atoms with Gasteiger partial charge in [-0.2, -0.15) is 0 Å². The molecule has 1 saturated heterocycles. The molecule has 0 spiro atoms. The van der Waals surface area contributed by atoms with Gasteiger partial charge in [0.2, 0.25) is 5.91 Å². The first-order valence-corrected chi connectivity index (χ1v) is 7.72. The summed E-state index contributed by atoms with van der Waals surface area (Å²) in [4.78, 5) is 16.1. The van der Waals surface area contributed by atoms with E-state index in [-0.39, 0.29) is 17.2 Å². The fraction of sp³-hybridized carbons (Fsp3) is 0.400. The molecule has 1 fully saturated rings.